The number of benzene rings is 3. The van der Waals surface area contributed by atoms with Crippen LogP contribution in [0.2, 0.25) is 0 Å². The molecule has 0 aliphatic carbocycles. The van der Waals surface area contributed by atoms with Gasteiger partial charge in [-0.05, 0) is 48.9 Å². The predicted octanol–water partition coefficient (Wildman–Crippen LogP) is 4.47. The van der Waals surface area contributed by atoms with E-state index in [0.29, 0.717) is 27.7 Å². The largest absolute Gasteiger partial charge is 0.388 e. The van der Waals surface area contributed by atoms with Crippen LogP contribution in [0, 0.1) is 6.92 Å². The number of hydrogen-bond acceptors (Lipinski definition) is 5. The molecule has 0 spiro atoms. The van der Waals surface area contributed by atoms with Gasteiger partial charge < -0.3 is 9.73 Å². The zero-order valence-corrected chi connectivity index (χ0v) is 14.6. The maximum absolute atomic E-state index is 12.4. The summed E-state index contributed by atoms with van der Waals surface area (Å²) in [6.45, 7) is 1.94. The number of fused-ring (bicyclic) bond motifs is 1. The maximum atomic E-state index is 12.4. The average Bonchev–Trinajstić information content (AvgIpc) is 2.68. The molecule has 0 saturated carbocycles. The summed E-state index contributed by atoms with van der Waals surface area (Å²) in [5.74, 6) is -0.0482. The van der Waals surface area contributed by atoms with Gasteiger partial charge in [0.15, 0.2) is 5.78 Å². The van der Waals surface area contributed by atoms with Gasteiger partial charge in [-0.2, -0.15) is 4.98 Å². The Bertz CT molecular complexity index is 1180. The Morgan fingerprint density at radius 2 is 1.63 bits per heavy atom. The van der Waals surface area contributed by atoms with Crippen LogP contribution in [0.25, 0.3) is 10.9 Å². The van der Waals surface area contributed by atoms with Crippen molar-refractivity contribution < 1.29 is 9.21 Å². The summed E-state index contributed by atoms with van der Waals surface area (Å²) < 4.78 is 5.24. The lowest BCUT2D eigenvalue weighted by Gasteiger charge is -2.06. The van der Waals surface area contributed by atoms with Gasteiger partial charge in [0, 0.05) is 16.8 Å². The number of nitrogens with zero attached hydrogens (tertiary/aromatic N) is 1. The lowest BCUT2D eigenvalue weighted by molar-refractivity contribution is 0.103. The van der Waals surface area contributed by atoms with Gasteiger partial charge in [0.2, 0.25) is 0 Å². The van der Waals surface area contributed by atoms with Gasteiger partial charge in [-0.25, -0.2) is 4.79 Å². The van der Waals surface area contributed by atoms with Gasteiger partial charge in [-0.3, -0.25) is 4.79 Å². The minimum Gasteiger partial charge on any atom is -0.388 e. The van der Waals surface area contributed by atoms with Gasteiger partial charge in [-0.1, -0.05) is 36.4 Å². The maximum Gasteiger partial charge on any atom is 0.348 e. The highest BCUT2D eigenvalue weighted by Crippen LogP contribution is 2.19. The van der Waals surface area contributed by atoms with Gasteiger partial charge in [0.25, 0.3) is 0 Å². The molecule has 0 radical (unpaired) electrons. The lowest BCUT2D eigenvalue weighted by Crippen LogP contribution is -2.05. The summed E-state index contributed by atoms with van der Waals surface area (Å²) >= 11 is 0. The Morgan fingerprint density at radius 3 is 2.37 bits per heavy atom. The summed E-state index contributed by atoms with van der Waals surface area (Å²) in [5, 5.41) is 3.41. The first-order valence-corrected chi connectivity index (χ1v) is 8.48. The third-order valence-corrected chi connectivity index (χ3v) is 4.22. The Kier molecular flexibility index (Phi) is 4.26. The van der Waals surface area contributed by atoms with E-state index in [2.05, 4.69) is 10.3 Å². The number of ketones is 1. The van der Waals surface area contributed by atoms with Crippen molar-refractivity contribution in [3.05, 3.63) is 99.9 Å². The molecule has 5 heteroatoms. The van der Waals surface area contributed by atoms with Crippen LogP contribution in [0.15, 0.2) is 82.0 Å². The molecule has 1 aromatic heterocycles. The normalized spacial score (nSPS) is 10.7. The van der Waals surface area contributed by atoms with Crippen LogP contribution in [-0.4, -0.2) is 10.8 Å². The molecule has 0 fully saturated rings. The molecule has 4 aromatic rings. The van der Waals surface area contributed by atoms with Crippen molar-refractivity contribution in [2.24, 2.45) is 0 Å². The second kappa shape index (κ2) is 6.88. The van der Waals surface area contributed by atoms with E-state index in [1.807, 2.05) is 37.3 Å². The van der Waals surface area contributed by atoms with E-state index in [4.69, 9.17) is 4.42 Å². The van der Waals surface area contributed by atoms with E-state index < -0.39 is 5.63 Å². The molecule has 0 aliphatic heterocycles. The fourth-order valence-corrected chi connectivity index (χ4v) is 2.82. The van der Waals surface area contributed by atoms with Crippen molar-refractivity contribution in [1.82, 2.24) is 4.98 Å². The summed E-state index contributed by atoms with van der Waals surface area (Å²) in [5.41, 5.74) is 3.02. The topological polar surface area (TPSA) is 72.2 Å². The number of rotatable bonds is 4. The second-order valence-electron chi connectivity index (χ2n) is 6.22. The minimum absolute atomic E-state index is 0.0482. The molecule has 0 aliphatic rings. The first kappa shape index (κ1) is 16.7. The van der Waals surface area contributed by atoms with E-state index in [0.717, 1.165) is 5.56 Å². The molecule has 0 atom stereocenters. The van der Waals surface area contributed by atoms with Crippen molar-refractivity contribution in [1.29, 1.82) is 0 Å². The minimum atomic E-state index is -0.446. The third kappa shape index (κ3) is 3.48. The van der Waals surface area contributed by atoms with E-state index in [1.54, 1.807) is 42.5 Å². The number of aromatic nitrogens is 1. The first-order valence-electron chi connectivity index (χ1n) is 8.48. The Labute approximate surface area is 155 Å². The first-order chi connectivity index (χ1) is 13.1. The van der Waals surface area contributed by atoms with Crippen molar-refractivity contribution in [2.75, 3.05) is 5.32 Å². The van der Waals surface area contributed by atoms with Crippen molar-refractivity contribution >= 4 is 28.4 Å². The molecule has 1 N–H and O–H groups in total. The van der Waals surface area contributed by atoms with E-state index in [-0.39, 0.29) is 11.8 Å². The Balaban J connectivity index is 1.59. The molecule has 0 unspecified atom stereocenters. The zero-order valence-electron chi connectivity index (χ0n) is 14.6. The van der Waals surface area contributed by atoms with Gasteiger partial charge in [0.05, 0.1) is 10.9 Å². The molecule has 1 heterocycles. The highest BCUT2D eigenvalue weighted by molar-refractivity contribution is 6.09. The van der Waals surface area contributed by atoms with Gasteiger partial charge in [-0.15, -0.1) is 0 Å². The second-order valence-corrected chi connectivity index (χ2v) is 6.22. The van der Waals surface area contributed by atoms with E-state index >= 15 is 0 Å². The monoisotopic (exact) mass is 356 g/mol. The summed E-state index contributed by atoms with van der Waals surface area (Å²) in [7, 11) is 0. The van der Waals surface area contributed by atoms with Crippen LogP contribution in [-0.2, 0) is 0 Å². The summed E-state index contributed by atoms with van der Waals surface area (Å²) in [4.78, 5) is 28.9. The van der Waals surface area contributed by atoms with Crippen LogP contribution < -0.4 is 10.9 Å². The molecule has 3 aromatic carbocycles. The highest BCUT2D eigenvalue weighted by Gasteiger charge is 2.10. The fourth-order valence-electron chi connectivity index (χ4n) is 2.82. The molecule has 0 amide bonds. The summed E-state index contributed by atoms with van der Waals surface area (Å²) in [6, 6.07) is 21.5. The average molecular weight is 356 g/mol. The van der Waals surface area contributed by atoms with E-state index in [1.165, 1.54) is 0 Å². The molecule has 132 valence electrons. The van der Waals surface area contributed by atoms with Crippen molar-refractivity contribution in [3.63, 3.8) is 0 Å². The molecule has 5 nitrogen and oxygen atoms in total. The number of hydrogen-bond donors (Lipinski definition) is 1. The molecule has 27 heavy (non-hydrogen) atoms. The van der Waals surface area contributed by atoms with Crippen molar-refractivity contribution in [3.8, 4) is 0 Å². The van der Waals surface area contributed by atoms with Crippen LogP contribution in [0.5, 0.6) is 0 Å². The predicted molar refractivity (Wildman–Crippen MR) is 105 cm³/mol. The zero-order chi connectivity index (χ0) is 18.8. The number of carbonyl (C=O) groups is 1. The quantitative estimate of drug-likeness (QED) is 0.546. The van der Waals surface area contributed by atoms with Gasteiger partial charge >= 0.3 is 11.6 Å². The third-order valence-electron chi connectivity index (χ3n) is 4.22. The molecular weight excluding hydrogens is 340 g/mol. The Hall–Kier alpha value is -3.73. The number of nitrogens with one attached hydrogen (secondary N) is 1. The van der Waals surface area contributed by atoms with Crippen molar-refractivity contribution in [2.45, 2.75) is 6.92 Å². The SMILES string of the molecule is Cc1ccc2c(=O)oc(Nc3ccc(C(=O)c4ccccc4)cc3)nc2c1. The number of carbonyl (C=O) groups excluding carboxylic acids is 1. The van der Waals surface area contributed by atoms with Crippen LogP contribution in [0.4, 0.5) is 11.7 Å². The Morgan fingerprint density at radius 1 is 0.926 bits per heavy atom. The molecular formula is C22H16N2O3. The number of aryl methyl sites for hydroxylation is 1. The molecule has 4 rings (SSSR count). The summed E-state index contributed by atoms with van der Waals surface area (Å²) in [6.07, 6.45) is 0. The standard InChI is InChI=1S/C22H16N2O3/c1-14-7-12-18-19(13-14)24-22(27-21(18)26)23-17-10-8-16(9-11-17)20(25)15-5-3-2-4-6-15/h2-13H,1H3,(H,23,24). The number of anilines is 2. The smallest absolute Gasteiger partial charge is 0.348 e. The lowest BCUT2D eigenvalue weighted by atomic mass is 10.0. The molecule has 0 bridgehead atoms. The fraction of sp³-hybridized carbons (Fsp3) is 0.0455. The van der Waals surface area contributed by atoms with Gasteiger partial charge in [0.1, 0.15) is 0 Å². The van der Waals surface area contributed by atoms with Crippen LogP contribution in [0.1, 0.15) is 21.5 Å². The van der Waals surface area contributed by atoms with Crippen LogP contribution in [0.3, 0.4) is 0 Å². The van der Waals surface area contributed by atoms with E-state index in [9.17, 15) is 9.59 Å². The van der Waals surface area contributed by atoms with Crippen LogP contribution >= 0.6 is 0 Å². The highest BCUT2D eigenvalue weighted by atomic mass is 16.4. The molecule has 0 saturated heterocycles.